The van der Waals surface area contributed by atoms with Gasteiger partial charge in [-0.3, -0.25) is 0 Å². The average Bonchev–Trinajstić information content (AvgIpc) is 2.43. The molecule has 20 heavy (non-hydrogen) atoms. The molecule has 0 aromatic heterocycles. The van der Waals surface area contributed by atoms with Gasteiger partial charge in [-0.25, -0.2) is 0 Å². The molecular formula is C18H29NO. The Kier molecular flexibility index (Phi) is 5.22. The first-order valence-electron chi connectivity index (χ1n) is 8.01. The van der Waals surface area contributed by atoms with Crippen molar-refractivity contribution in [2.45, 2.75) is 65.0 Å². The largest absolute Gasteiger partial charge is 0.389 e. The minimum atomic E-state index is -0.483. The van der Waals surface area contributed by atoms with Crippen molar-refractivity contribution in [3.63, 3.8) is 0 Å². The molecule has 1 aliphatic carbocycles. The molecule has 0 amide bonds. The van der Waals surface area contributed by atoms with Gasteiger partial charge >= 0.3 is 0 Å². The molecule has 0 atom stereocenters. The third kappa shape index (κ3) is 4.07. The van der Waals surface area contributed by atoms with Gasteiger partial charge in [0.2, 0.25) is 0 Å². The van der Waals surface area contributed by atoms with Gasteiger partial charge in [0.25, 0.3) is 0 Å². The van der Waals surface area contributed by atoms with E-state index in [1.165, 1.54) is 36.0 Å². The fourth-order valence-corrected chi connectivity index (χ4v) is 3.22. The summed E-state index contributed by atoms with van der Waals surface area (Å²) >= 11 is 0. The number of nitrogens with one attached hydrogen (secondary N) is 1. The van der Waals surface area contributed by atoms with Crippen LogP contribution >= 0.6 is 0 Å². The molecule has 2 N–H and O–H groups in total. The Balaban J connectivity index is 1.82. The molecule has 1 fully saturated rings. The van der Waals surface area contributed by atoms with Gasteiger partial charge < -0.3 is 10.4 Å². The molecule has 2 nitrogen and oxygen atoms in total. The molecule has 2 heteroatoms. The fraction of sp³-hybridized carbons (Fsp3) is 0.667. The molecule has 0 radical (unpaired) electrons. The second-order valence-electron chi connectivity index (χ2n) is 6.61. The molecule has 112 valence electrons. The smallest absolute Gasteiger partial charge is 0.0771 e. The van der Waals surface area contributed by atoms with Crippen molar-refractivity contribution in [2.75, 3.05) is 6.54 Å². The van der Waals surface area contributed by atoms with Crippen molar-refractivity contribution in [2.24, 2.45) is 5.92 Å². The molecule has 0 aliphatic heterocycles. The van der Waals surface area contributed by atoms with Crippen LogP contribution in [0.15, 0.2) is 18.2 Å². The topological polar surface area (TPSA) is 32.3 Å². The number of aryl methyl sites for hydroxylation is 2. The average molecular weight is 275 g/mol. The molecule has 1 aliphatic rings. The highest BCUT2D eigenvalue weighted by atomic mass is 16.3. The van der Waals surface area contributed by atoms with Crippen molar-refractivity contribution in [1.29, 1.82) is 0 Å². The Morgan fingerprint density at radius 1 is 1.25 bits per heavy atom. The quantitative estimate of drug-likeness (QED) is 0.858. The third-order valence-corrected chi connectivity index (χ3v) is 4.89. The Hall–Kier alpha value is -0.860. The molecule has 1 saturated carbocycles. The van der Waals surface area contributed by atoms with E-state index in [4.69, 9.17) is 0 Å². The lowest BCUT2D eigenvalue weighted by atomic mass is 9.78. The van der Waals surface area contributed by atoms with E-state index < -0.39 is 5.60 Å². The SMILES string of the molecule is CCC1CCC(O)(CNCc2cc(C)ccc2C)CC1. The van der Waals surface area contributed by atoms with E-state index in [-0.39, 0.29) is 0 Å². The molecule has 0 spiro atoms. The maximum absolute atomic E-state index is 10.6. The molecule has 0 saturated heterocycles. The van der Waals surface area contributed by atoms with Crippen molar-refractivity contribution < 1.29 is 5.11 Å². The Labute approximate surface area is 123 Å². The summed E-state index contributed by atoms with van der Waals surface area (Å²) in [5, 5.41) is 14.1. The van der Waals surface area contributed by atoms with E-state index in [1.54, 1.807) is 0 Å². The van der Waals surface area contributed by atoms with Crippen molar-refractivity contribution in [1.82, 2.24) is 5.32 Å². The number of rotatable bonds is 5. The summed E-state index contributed by atoms with van der Waals surface area (Å²) in [4.78, 5) is 0. The predicted molar refractivity (Wildman–Crippen MR) is 84.8 cm³/mol. The van der Waals surface area contributed by atoms with Gasteiger partial charge in [0.15, 0.2) is 0 Å². The van der Waals surface area contributed by atoms with Crippen LogP contribution in [0.5, 0.6) is 0 Å². The van der Waals surface area contributed by atoms with Crippen LogP contribution in [-0.2, 0) is 6.54 Å². The molecule has 0 unspecified atom stereocenters. The van der Waals surface area contributed by atoms with Gasteiger partial charge in [-0.2, -0.15) is 0 Å². The van der Waals surface area contributed by atoms with E-state index in [2.05, 4.69) is 44.3 Å². The number of benzene rings is 1. The van der Waals surface area contributed by atoms with E-state index in [1.807, 2.05) is 0 Å². The first-order chi connectivity index (χ1) is 9.52. The molecule has 1 aromatic rings. The lowest BCUT2D eigenvalue weighted by Crippen LogP contribution is -2.43. The number of aliphatic hydroxyl groups is 1. The highest BCUT2D eigenvalue weighted by Gasteiger charge is 2.32. The zero-order valence-electron chi connectivity index (χ0n) is 13.2. The predicted octanol–water partition coefficient (Wildman–Crippen LogP) is 3.72. The minimum absolute atomic E-state index is 0.483. The van der Waals surface area contributed by atoms with E-state index >= 15 is 0 Å². The Morgan fingerprint density at radius 2 is 1.95 bits per heavy atom. The second kappa shape index (κ2) is 6.73. The van der Waals surface area contributed by atoms with Crippen molar-refractivity contribution in [3.8, 4) is 0 Å². The summed E-state index contributed by atoms with van der Waals surface area (Å²) in [7, 11) is 0. The first kappa shape index (κ1) is 15.5. The summed E-state index contributed by atoms with van der Waals surface area (Å²) < 4.78 is 0. The molecular weight excluding hydrogens is 246 g/mol. The standard InChI is InChI=1S/C18H29NO/c1-4-16-7-9-18(20,10-8-16)13-19-12-17-11-14(2)5-6-15(17)3/h5-6,11,16,19-20H,4,7-10,12-13H2,1-3H3. The maximum atomic E-state index is 10.6. The van der Waals surface area contributed by atoms with Crippen LogP contribution in [-0.4, -0.2) is 17.3 Å². The fourth-order valence-electron chi connectivity index (χ4n) is 3.22. The van der Waals surface area contributed by atoms with E-state index in [0.29, 0.717) is 0 Å². The summed E-state index contributed by atoms with van der Waals surface area (Å²) in [6.07, 6.45) is 5.51. The van der Waals surface area contributed by atoms with Crippen LogP contribution in [0, 0.1) is 19.8 Å². The molecule has 0 heterocycles. The molecule has 2 rings (SSSR count). The molecule has 1 aromatic carbocycles. The first-order valence-corrected chi connectivity index (χ1v) is 8.01. The zero-order valence-corrected chi connectivity index (χ0v) is 13.2. The highest BCUT2D eigenvalue weighted by Crippen LogP contribution is 2.33. The zero-order chi connectivity index (χ0) is 14.6. The summed E-state index contributed by atoms with van der Waals surface area (Å²) in [5.74, 6) is 0.828. The minimum Gasteiger partial charge on any atom is -0.389 e. The summed E-state index contributed by atoms with van der Waals surface area (Å²) in [5.41, 5.74) is 3.49. The second-order valence-corrected chi connectivity index (χ2v) is 6.61. The van der Waals surface area contributed by atoms with Crippen molar-refractivity contribution >= 4 is 0 Å². The van der Waals surface area contributed by atoms with E-state index in [9.17, 15) is 5.11 Å². The lowest BCUT2D eigenvalue weighted by Gasteiger charge is -2.36. The molecule has 0 bridgehead atoms. The van der Waals surface area contributed by atoms with Gasteiger partial charge in [0.05, 0.1) is 5.60 Å². The highest BCUT2D eigenvalue weighted by molar-refractivity contribution is 5.30. The maximum Gasteiger partial charge on any atom is 0.0771 e. The van der Waals surface area contributed by atoms with Crippen molar-refractivity contribution in [3.05, 3.63) is 34.9 Å². The van der Waals surface area contributed by atoms with Crippen LogP contribution in [0.1, 0.15) is 55.7 Å². The van der Waals surface area contributed by atoms with Gasteiger partial charge in [-0.05, 0) is 56.6 Å². The summed E-state index contributed by atoms with van der Waals surface area (Å²) in [6, 6.07) is 6.56. The van der Waals surface area contributed by atoms with Gasteiger partial charge in [-0.1, -0.05) is 37.1 Å². The van der Waals surface area contributed by atoms with Gasteiger partial charge in [-0.15, -0.1) is 0 Å². The number of hydrogen-bond acceptors (Lipinski definition) is 2. The number of hydrogen-bond donors (Lipinski definition) is 2. The van der Waals surface area contributed by atoms with E-state index in [0.717, 1.165) is 31.8 Å². The normalized spacial score (nSPS) is 26.7. The van der Waals surface area contributed by atoms with Crippen LogP contribution in [0.3, 0.4) is 0 Å². The van der Waals surface area contributed by atoms with Crippen LogP contribution in [0.2, 0.25) is 0 Å². The third-order valence-electron chi connectivity index (χ3n) is 4.89. The summed E-state index contributed by atoms with van der Waals surface area (Å²) in [6.45, 7) is 8.11. The van der Waals surface area contributed by atoms with Gasteiger partial charge in [0.1, 0.15) is 0 Å². The Morgan fingerprint density at radius 3 is 2.60 bits per heavy atom. The van der Waals surface area contributed by atoms with Crippen LogP contribution in [0.25, 0.3) is 0 Å². The van der Waals surface area contributed by atoms with Crippen LogP contribution < -0.4 is 5.32 Å². The van der Waals surface area contributed by atoms with Gasteiger partial charge in [0, 0.05) is 13.1 Å². The Bertz CT molecular complexity index is 433. The lowest BCUT2D eigenvalue weighted by molar-refractivity contribution is -0.00882. The van der Waals surface area contributed by atoms with Crippen LogP contribution in [0.4, 0.5) is 0 Å². The monoisotopic (exact) mass is 275 g/mol.